The van der Waals surface area contributed by atoms with Crippen LogP contribution in [0.4, 0.5) is 0 Å². The lowest BCUT2D eigenvalue weighted by Gasteiger charge is -2.15. The van der Waals surface area contributed by atoms with E-state index in [4.69, 9.17) is 9.47 Å². The van der Waals surface area contributed by atoms with Crippen LogP contribution in [0.3, 0.4) is 0 Å². The van der Waals surface area contributed by atoms with Gasteiger partial charge in [0.15, 0.2) is 0 Å². The Hall–Kier alpha value is -2.34. The van der Waals surface area contributed by atoms with Crippen LogP contribution in [0, 0.1) is 0 Å². The second-order valence-corrected chi connectivity index (χ2v) is 5.10. The zero-order valence-electron chi connectivity index (χ0n) is 12.5. The van der Waals surface area contributed by atoms with Crippen molar-refractivity contribution in [2.45, 2.75) is 19.6 Å². The Kier molecular flexibility index (Phi) is 4.39. The predicted octanol–water partition coefficient (Wildman–Crippen LogP) is 1.39. The van der Waals surface area contributed by atoms with Crippen molar-refractivity contribution < 1.29 is 14.3 Å². The second kappa shape index (κ2) is 6.62. The molecule has 0 unspecified atom stereocenters. The van der Waals surface area contributed by atoms with Gasteiger partial charge in [-0.2, -0.15) is 5.10 Å². The van der Waals surface area contributed by atoms with Crippen molar-refractivity contribution in [1.29, 1.82) is 0 Å². The van der Waals surface area contributed by atoms with Gasteiger partial charge in [-0.25, -0.2) is 0 Å². The molecule has 6 heteroatoms. The van der Waals surface area contributed by atoms with Crippen LogP contribution in [0.25, 0.3) is 0 Å². The quantitative estimate of drug-likeness (QED) is 0.906. The van der Waals surface area contributed by atoms with Gasteiger partial charge in [0.05, 0.1) is 38.6 Å². The fourth-order valence-corrected chi connectivity index (χ4v) is 2.61. The summed E-state index contributed by atoms with van der Waals surface area (Å²) in [4.78, 5) is 12.2. The lowest BCUT2D eigenvalue weighted by atomic mass is 10.2. The largest absolute Gasteiger partial charge is 0.496 e. The zero-order valence-corrected chi connectivity index (χ0v) is 12.5. The number of benzene rings is 1. The third-order valence-corrected chi connectivity index (χ3v) is 3.74. The maximum Gasteiger partial charge on any atom is 0.255 e. The van der Waals surface area contributed by atoms with E-state index in [1.165, 1.54) is 5.69 Å². The highest BCUT2D eigenvalue weighted by atomic mass is 16.5. The number of ether oxygens (including phenoxy) is 2. The van der Waals surface area contributed by atoms with Gasteiger partial charge >= 0.3 is 0 Å². The molecule has 2 aromatic rings. The minimum atomic E-state index is -0.137. The molecule has 1 aliphatic heterocycles. The van der Waals surface area contributed by atoms with Gasteiger partial charge in [0, 0.05) is 24.2 Å². The first-order valence-electron chi connectivity index (χ1n) is 7.32. The third-order valence-electron chi connectivity index (χ3n) is 3.74. The minimum absolute atomic E-state index is 0.137. The Morgan fingerprint density at radius 2 is 2.32 bits per heavy atom. The second-order valence-electron chi connectivity index (χ2n) is 5.10. The number of fused-ring (bicyclic) bond motifs is 1. The Balaban J connectivity index is 1.59. The number of aromatic nitrogens is 2. The molecule has 3 rings (SSSR count). The summed E-state index contributed by atoms with van der Waals surface area (Å²) < 4.78 is 12.5. The fourth-order valence-electron chi connectivity index (χ4n) is 2.61. The molecule has 22 heavy (non-hydrogen) atoms. The lowest BCUT2D eigenvalue weighted by Crippen LogP contribution is -2.28. The van der Waals surface area contributed by atoms with Gasteiger partial charge < -0.3 is 14.8 Å². The van der Waals surface area contributed by atoms with Crippen LogP contribution in [0.2, 0.25) is 0 Å². The van der Waals surface area contributed by atoms with Crippen LogP contribution in [-0.4, -0.2) is 35.9 Å². The zero-order chi connectivity index (χ0) is 15.4. The topological polar surface area (TPSA) is 65.4 Å². The molecule has 1 N–H and O–H groups in total. The van der Waals surface area contributed by atoms with Crippen LogP contribution in [-0.2, 0) is 24.3 Å². The first-order valence-corrected chi connectivity index (χ1v) is 7.32. The number of carbonyl (C=O) groups is 1. The number of methoxy groups -OCH3 is 1. The molecule has 0 saturated heterocycles. The highest BCUT2D eigenvalue weighted by Crippen LogP contribution is 2.17. The number of amides is 1. The highest BCUT2D eigenvalue weighted by Gasteiger charge is 2.15. The van der Waals surface area contributed by atoms with Gasteiger partial charge in [-0.3, -0.25) is 9.48 Å². The fraction of sp³-hybridized carbons (Fsp3) is 0.375. The molecule has 0 atom stereocenters. The molecular formula is C16H19N3O3. The smallest absolute Gasteiger partial charge is 0.255 e. The lowest BCUT2D eigenvalue weighted by molar-refractivity contribution is 0.0947. The van der Waals surface area contributed by atoms with E-state index in [9.17, 15) is 4.79 Å². The first kappa shape index (κ1) is 14.6. The van der Waals surface area contributed by atoms with Crippen LogP contribution in [0.15, 0.2) is 30.5 Å². The summed E-state index contributed by atoms with van der Waals surface area (Å²) in [7, 11) is 1.56. The summed E-state index contributed by atoms with van der Waals surface area (Å²) in [5.74, 6) is 0.440. The van der Waals surface area contributed by atoms with Crippen LogP contribution < -0.4 is 10.1 Å². The average molecular weight is 301 g/mol. The number of rotatable bonds is 5. The number of nitrogens with one attached hydrogen (secondary N) is 1. The van der Waals surface area contributed by atoms with E-state index in [0.29, 0.717) is 31.0 Å². The third kappa shape index (κ3) is 2.96. The maximum absolute atomic E-state index is 12.2. The van der Waals surface area contributed by atoms with Crippen molar-refractivity contribution in [3.8, 4) is 5.75 Å². The Labute approximate surface area is 129 Å². The molecule has 6 nitrogen and oxygen atoms in total. The number of carbonyl (C=O) groups excluding carboxylic acids is 1. The molecular weight excluding hydrogens is 282 g/mol. The summed E-state index contributed by atoms with van der Waals surface area (Å²) in [6.45, 7) is 2.53. The molecule has 0 fully saturated rings. The average Bonchev–Trinajstić information content (AvgIpc) is 2.98. The van der Waals surface area contributed by atoms with E-state index in [0.717, 1.165) is 18.6 Å². The van der Waals surface area contributed by atoms with E-state index in [1.807, 2.05) is 23.0 Å². The molecule has 0 bridgehead atoms. The molecule has 1 aromatic carbocycles. The molecule has 1 aromatic heterocycles. The van der Waals surface area contributed by atoms with Crippen molar-refractivity contribution >= 4 is 5.91 Å². The highest BCUT2D eigenvalue weighted by molar-refractivity contribution is 5.96. The number of hydrogen-bond donors (Lipinski definition) is 1. The van der Waals surface area contributed by atoms with Gasteiger partial charge in [0.1, 0.15) is 5.75 Å². The van der Waals surface area contributed by atoms with Gasteiger partial charge in [-0.05, 0) is 12.1 Å². The summed E-state index contributed by atoms with van der Waals surface area (Å²) in [5.41, 5.74) is 2.89. The number of hydrogen-bond acceptors (Lipinski definition) is 4. The Bertz CT molecular complexity index is 666. The van der Waals surface area contributed by atoms with Crippen molar-refractivity contribution in [1.82, 2.24) is 15.1 Å². The first-order chi connectivity index (χ1) is 10.8. The van der Waals surface area contributed by atoms with E-state index < -0.39 is 0 Å². The SMILES string of the molecule is COc1ccccc1C(=O)NCCn1ncc2c1CCOC2. The maximum atomic E-state index is 12.2. The Morgan fingerprint density at radius 1 is 1.45 bits per heavy atom. The molecule has 0 aliphatic carbocycles. The van der Waals surface area contributed by atoms with Crippen LogP contribution in [0.1, 0.15) is 21.6 Å². The number of para-hydroxylation sites is 1. The molecule has 2 heterocycles. The van der Waals surface area contributed by atoms with Crippen LogP contribution in [0.5, 0.6) is 5.75 Å². The van der Waals surface area contributed by atoms with Crippen molar-refractivity contribution in [2.24, 2.45) is 0 Å². The van der Waals surface area contributed by atoms with Gasteiger partial charge in [0.25, 0.3) is 5.91 Å². The Morgan fingerprint density at radius 3 is 3.18 bits per heavy atom. The van der Waals surface area contributed by atoms with Crippen LogP contribution >= 0.6 is 0 Å². The molecule has 0 radical (unpaired) electrons. The summed E-state index contributed by atoms with van der Waals surface area (Å²) in [6.07, 6.45) is 2.71. The van der Waals surface area contributed by atoms with E-state index in [2.05, 4.69) is 10.4 Å². The molecule has 0 saturated carbocycles. The number of nitrogens with zero attached hydrogens (tertiary/aromatic N) is 2. The van der Waals surface area contributed by atoms with Crippen molar-refractivity contribution in [2.75, 3.05) is 20.3 Å². The van der Waals surface area contributed by atoms with Crippen molar-refractivity contribution in [3.05, 3.63) is 47.3 Å². The summed E-state index contributed by atoms with van der Waals surface area (Å²) in [6, 6.07) is 7.19. The molecule has 116 valence electrons. The molecule has 1 aliphatic rings. The monoisotopic (exact) mass is 301 g/mol. The van der Waals surface area contributed by atoms with E-state index >= 15 is 0 Å². The van der Waals surface area contributed by atoms with E-state index in [-0.39, 0.29) is 5.91 Å². The van der Waals surface area contributed by atoms with Gasteiger partial charge in [0.2, 0.25) is 0 Å². The molecule has 0 spiro atoms. The predicted molar refractivity (Wildman–Crippen MR) is 80.9 cm³/mol. The molecule has 1 amide bonds. The summed E-state index contributed by atoms with van der Waals surface area (Å²) >= 11 is 0. The van der Waals surface area contributed by atoms with E-state index in [1.54, 1.807) is 19.2 Å². The van der Waals surface area contributed by atoms with Gasteiger partial charge in [-0.1, -0.05) is 12.1 Å². The minimum Gasteiger partial charge on any atom is -0.496 e. The van der Waals surface area contributed by atoms with Crippen molar-refractivity contribution in [3.63, 3.8) is 0 Å². The van der Waals surface area contributed by atoms with Gasteiger partial charge in [-0.15, -0.1) is 0 Å². The summed E-state index contributed by atoms with van der Waals surface area (Å²) in [5, 5.41) is 7.27. The normalized spacial score (nSPS) is 13.5. The standard InChI is InChI=1S/C16H19N3O3/c1-21-15-5-3-2-4-13(15)16(20)17-7-8-19-14-6-9-22-11-12(14)10-18-19/h2-5,10H,6-9,11H2,1H3,(H,17,20).